The molecule has 9 heteroatoms. The molecule has 7 nitrogen and oxygen atoms in total. The molecule has 0 fully saturated rings. The van der Waals surface area contributed by atoms with Crippen LogP contribution in [0.2, 0.25) is 0 Å². The number of hydrogen-bond donors (Lipinski definition) is 1. The zero-order chi connectivity index (χ0) is 16.4. The van der Waals surface area contributed by atoms with Gasteiger partial charge in [0.05, 0.1) is 9.79 Å². The Balaban J connectivity index is 2.28. The molecule has 0 aromatic heterocycles. The summed E-state index contributed by atoms with van der Waals surface area (Å²) in [6, 6.07) is 10.7. The third-order valence-corrected chi connectivity index (χ3v) is 4.84. The molecule has 3 N–H and O–H groups in total. The van der Waals surface area contributed by atoms with Crippen LogP contribution in [0.1, 0.15) is 5.56 Å². The van der Waals surface area contributed by atoms with Crippen molar-refractivity contribution in [2.75, 3.05) is 0 Å². The van der Waals surface area contributed by atoms with E-state index in [2.05, 4.69) is 4.40 Å². The zero-order valence-corrected chi connectivity index (χ0v) is 12.8. The minimum atomic E-state index is -3.91. The predicted molar refractivity (Wildman–Crippen MR) is 83.0 cm³/mol. The maximum Gasteiger partial charge on any atom is 0.282 e. The number of nitrogens with zero attached hydrogens (tertiary/aromatic N) is 1. The number of primary sulfonamides is 1. The van der Waals surface area contributed by atoms with Crippen molar-refractivity contribution < 1.29 is 16.8 Å². The van der Waals surface area contributed by atoms with E-state index >= 15 is 0 Å². The van der Waals surface area contributed by atoms with Gasteiger partial charge in [-0.05, 0) is 23.8 Å². The molecule has 0 heterocycles. The summed E-state index contributed by atoms with van der Waals surface area (Å²) in [6.45, 7) is 0. The lowest BCUT2D eigenvalue weighted by atomic mass is 10.2. The van der Waals surface area contributed by atoms with Crippen LogP contribution >= 0.6 is 0 Å². The van der Waals surface area contributed by atoms with Crippen LogP contribution in [0.15, 0.2) is 62.7 Å². The van der Waals surface area contributed by atoms with Crippen LogP contribution in [0.4, 0.5) is 5.69 Å². The summed E-state index contributed by atoms with van der Waals surface area (Å²) in [7, 11) is -7.71. The van der Waals surface area contributed by atoms with Gasteiger partial charge in [-0.2, -0.15) is 12.8 Å². The summed E-state index contributed by atoms with van der Waals surface area (Å²) in [5, 5.41) is 4.97. The Bertz CT molecular complexity index is 918. The quantitative estimate of drug-likeness (QED) is 0.852. The van der Waals surface area contributed by atoms with E-state index in [4.69, 9.17) is 10.9 Å². The fraction of sp³-hybridized carbons (Fsp3) is 0. The van der Waals surface area contributed by atoms with Crippen molar-refractivity contribution in [1.29, 1.82) is 0 Å². The highest BCUT2D eigenvalue weighted by Gasteiger charge is 2.11. The molecular formula is C13H12N3O4S2-. The molecule has 0 bridgehead atoms. The Labute approximate surface area is 128 Å². The molecule has 0 aliphatic heterocycles. The highest BCUT2D eigenvalue weighted by atomic mass is 32.2. The second kappa shape index (κ2) is 5.87. The molecule has 0 amide bonds. The molecular weight excluding hydrogens is 326 g/mol. The van der Waals surface area contributed by atoms with Crippen LogP contribution in [0, 0.1) is 0 Å². The van der Waals surface area contributed by atoms with E-state index in [1.54, 1.807) is 0 Å². The summed E-state index contributed by atoms with van der Waals surface area (Å²) >= 11 is 0. The number of sulfonamides is 2. The van der Waals surface area contributed by atoms with E-state index in [0.717, 1.165) is 6.21 Å². The Kier molecular flexibility index (Phi) is 4.31. The third kappa shape index (κ3) is 3.91. The molecule has 22 heavy (non-hydrogen) atoms. The van der Waals surface area contributed by atoms with E-state index < -0.39 is 20.0 Å². The molecule has 0 spiro atoms. The summed E-state index contributed by atoms with van der Waals surface area (Å²) in [4.78, 5) is -0.160. The van der Waals surface area contributed by atoms with Gasteiger partial charge in [0.2, 0.25) is 10.0 Å². The van der Waals surface area contributed by atoms with Crippen molar-refractivity contribution in [3.63, 3.8) is 0 Å². The van der Waals surface area contributed by atoms with Gasteiger partial charge in [0.15, 0.2) is 0 Å². The third-order valence-electron chi connectivity index (χ3n) is 2.68. The second-order valence-electron chi connectivity index (χ2n) is 4.35. The predicted octanol–water partition coefficient (Wildman–Crippen LogP) is 1.83. The van der Waals surface area contributed by atoms with Crippen molar-refractivity contribution >= 4 is 31.9 Å². The maximum absolute atomic E-state index is 12.0. The highest BCUT2D eigenvalue weighted by molar-refractivity contribution is 7.90. The molecule has 0 saturated carbocycles. The van der Waals surface area contributed by atoms with Gasteiger partial charge in [0, 0.05) is 6.21 Å². The van der Waals surface area contributed by atoms with E-state index in [1.807, 2.05) is 0 Å². The minimum Gasteiger partial charge on any atom is -0.699 e. The molecule has 0 aliphatic carbocycles. The average molecular weight is 338 g/mol. The molecule has 0 radical (unpaired) electrons. The Morgan fingerprint density at radius 2 is 1.59 bits per heavy atom. The van der Waals surface area contributed by atoms with Crippen molar-refractivity contribution in [2.45, 2.75) is 9.79 Å². The molecule has 2 aromatic rings. The van der Waals surface area contributed by atoms with Crippen molar-refractivity contribution in [3.05, 3.63) is 59.8 Å². The largest absolute Gasteiger partial charge is 0.699 e. The number of nitrogens with two attached hydrogens (primary N) is 1. The van der Waals surface area contributed by atoms with Gasteiger partial charge in [-0.1, -0.05) is 30.3 Å². The van der Waals surface area contributed by atoms with Gasteiger partial charge in [-0.15, -0.1) is 5.69 Å². The molecule has 2 rings (SSSR count). The summed E-state index contributed by atoms with van der Waals surface area (Å²) < 4.78 is 49.7. The Morgan fingerprint density at radius 3 is 2.14 bits per heavy atom. The van der Waals surface area contributed by atoms with E-state index in [0.29, 0.717) is 5.56 Å². The zero-order valence-electron chi connectivity index (χ0n) is 11.2. The van der Waals surface area contributed by atoms with Gasteiger partial charge in [-0.3, -0.25) is 0 Å². The van der Waals surface area contributed by atoms with Crippen LogP contribution in [-0.4, -0.2) is 23.1 Å². The first-order chi connectivity index (χ1) is 10.2. The average Bonchev–Trinajstić information content (AvgIpc) is 2.45. The molecule has 0 saturated heterocycles. The van der Waals surface area contributed by atoms with Gasteiger partial charge in [0.1, 0.15) is 0 Å². The van der Waals surface area contributed by atoms with Gasteiger partial charge in [0.25, 0.3) is 10.0 Å². The monoisotopic (exact) mass is 338 g/mol. The summed E-state index contributed by atoms with van der Waals surface area (Å²) in [5.41, 5.74) is 7.87. The lowest BCUT2D eigenvalue weighted by Crippen LogP contribution is -2.11. The highest BCUT2D eigenvalue weighted by Crippen LogP contribution is 2.18. The molecule has 0 unspecified atom stereocenters. The standard InChI is InChI=1S/C13H12N3O4S2/c14-11-2-1-3-13(8-11)22(19,20)16-9-10-4-6-12(7-5-10)21(15,17)18/h1-9,14H,(H2,15,17,18)/q-1. The fourth-order valence-corrected chi connectivity index (χ4v) is 3.02. The second-order valence-corrected chi connectivity index (χ2v) is 7.55. The minimum absolute atomic E-state index is 0.0637. The van der Waals surface area contributed by atoms with Crippen molar-refractivity contribution in [3.8, 4) is 0 Å². The summed E-state index contributed by atoms with van der Waals surface area (Å²) in [5.74, 6) is 0. The van der Waals surface area contributed by atoms with Crippen LogP contribution in [0.25, 0.3) is 5.73 Å². The topological polar surface area (TPSA) is 130 Å². The molecule has 2 aromatic carbocycles. The first kappa shape index (κ1) is 16.1. The fourth-order valence-electron chi connectivity index (χ4n) is 1.59. The van der Waals surface area contributed by atoms with Gasteiger partial charge >= 0.3 is 0 Å². The number of nitrogens with one attached hydrogen (secondary N) is 1. The van der Waals surface area contributed by atoms with Crippen LogP contribution in [0.3, 0.4) is 0 Å². The lowest BCUT2D eigenvalue weighted by molar-refractivity contribution is 0.596. The number of hydrogen-bond acceptors (Lipinski definition) is 4. The van der Waals surface area contributed by atoms with E-state index in [9.17, 15) is 16.8 Å². The van der Waals surface area contributed by atoms with Crippen LogP contribution in [-0.2, 0) is 20.0 Å². The smallest absolute Gasteiger partial charge is 0.282 e. The SMILES string of the molecule is [NH-]c1cccc(S(=O)(=O)N=Cc2ccc(S(N)(=O)=O)cc2)c1. The van der Waals surface area contributed by atoms with Crippen molar-refractivity contribution in [2.24, 2.45) is 9.54 Å². The van der Waals surface area contributed by atoms with Crippen LogP contribution in [0.5, 0.6) is 0 Å². The molecule has 116 valence electrons. The Hall–Kier alpha value is -2.23. The Morgan fingerprint density at radius 1 is 0.955 bits per heavy atom. The van der Waals surface area contributed by atoms with Crippen LogP contribution < -0.4 is 5.14 Å². The normalized spacial score (nSPS) is 12.6. The first-order valence-electron chi connectivity index (χ1n) is 5.93. The number of benzene rings is 2. The first-order valence-corrected chi connectivity index (χ1v) is 8.92. The lowest BCUT2D eigenvalue weighted by Gasteiger charge is -2.04. The van der Waals surface area contributed by atoms with E-state index in [1.165, 1.54) is 48.5 Å². The summed E-state index contributed by atoms with van der Waals surface area (Å²) in [6.07, 6.45) is 1.10. The molecule has 0 atom stereocenters. The number of rotatable bonds is 4. The molecule has 0 aliphatic rings. The van der Waals surface area contributed by atoms with E-state index in [-0.39, 0.29) is 15.5 Å². The van der Waals surface area contributed by atoms with Gasteiger partial charge in [-0.25, -0.2) is 13.6 Å². The maximum atomic E-state index is 12.0. The van der Waals surface area contributed by atoms with Crippen molar-refractivity contribution in [1.82, 2.24) is 0 Å². The van der Waals surface area contributed by atoms with Gasteiger partial charge < -0.3 is 5.73 Å².